The summed E-state index contributed by atoms with van der Waals surface area (Å²) >= 11 is 0. The van der Waals surface area contributed by atoms with Crippen LogP contribution in [0.4, 0.5) is 0 Å². The largest absolute Gasteiger partial charge is 0.508 e. The van der Waals surface area contributed by atoms with E-state index in [0.717, 1.165) is 43.5 Å². The van der Waals surface area contributed by atoms with E-state index in [1.807, 2.05) is 7.05 Å². The Kier molecular flexibility index (Phi) is 9.42. The molecule has 0 spiro atoms. The molecule has 2 rings (SSSR count). The van der Waals surface area contributed by atoms with Crippen LogP contribution in [-0.2, 0) is 6.42 Å². The first-order valence-corrected chi connectivity index (χ1v) is 10.6. The lowest BCUT2D eigenvalue weighted by molar-refractivity contribution is 0.0934. The molecule has 0 bridgehead atoms. The summed E-state index contributed by atoms with van der Waals surface area (Å²) in [5.41, 5.74) is 0.987. The Morgan fingerprint density at radius 2 is 1.61 bits per heavy atom. The Bertz CT molecular complexity index is 819. The number of carbonyl (C=O) groups is 1. The van der Waals surface area contributed by atoms with Gasteiger partial charge in [0, 0.05) is 30.7 Å². The molecule has 2 aromatic rings. The molecule has 0 saturated heterocycles. The van der Waals surface area contributed by atoms with E-state index in [-0.39, 0.29) is 23.4 Å². The van der Waals surface area contributed by atoms with Gasteiger partial charge in [-0.15, -0.1) is 0 Å². The summed E-state index contributed by atoms with van der Waals surface area (Å²) in [6.07, 6.45) is 3.73. The topological polar surface area (TPSA) is 134 Å². The second-order valence-corrected chi connectivity index (χ2v) is 7.71. The number of hydrogen-bond donors (Lipinski definition) is 7. The van der Waals surface area contributed by atoms with E-state index in [4.69, 9.17) is 0 Å². The molecule has 0 aliphatic carbocycles. The number of amides is 1. The number of rotatable bonds is 12. The molecule has 8 nitrogen and oxygen atoms in total. The standard InChI is InChI=1S/C23H33N3O5/c1-3-4-5-17(13-24-2)25-14-18(10-15-6-8-19(27)9-7-15)26-23(31)16-11-20(28)22(30)21(29)12-16/h6-9,11-12,17-18,24-25,27-30H,3-5,10,13-14H2,1-2H3,(H,26,31)/t17-,18-/m1/s1. The number of hydrogen-bond acceptors (Lipinski definition) is 7. The molecule has 2 aromatic carbocycles. The van der Waals surface area contributed by atoms with Crippen LogP contribution in [0.25, 0.3) is 0 Å². The Morgan fingerprint density at radius 3 is 2.19 bits per heavy atom. The van der Waals surface area contributed by atoms with Gasteiger partial charge in [0.2, 0.25) is 0 Å². The number of nitrogens with one attached hydrogen (secondary N) is 3. The lowest BCUT2D eigenvalue weighted by atomic mass is 10.0. The maximum absolute atomic E-state index is 12.8. The molecule has 0 fully saturated rings. The molecule has 31 heavy (non-hydrogen) atoms. The number of likely N-dealkylation sites (N-methyl/N-ethyl adjacent to an activating group) is 1. The van der Waals surface area contributed by atoms with Crippen molar-refractivity contribution in [3.8, 4) is 23.0 Å². The zero-order valence-corrected chi connectivity index (χ0v) is 18.1. The molecule has 0 radical (unpaired) electrons. The number of phenols is 4. The molecule has 7 N–H and O–H groups in total. The Labute approximate surface area is 182 Å². The number of unbranched alkanes of at least 4 members (excludes halogenated alkanes) is 1. The molecule has 1 amide bonds. The molecule has 8 heteroatoms. The van der Waals surface area contributed by atoms with Crippen LogP contribution in [0, 0.1) is 0 Å². The molecule has 0 heterocycles. The van der Waals surface area contributed by atoms with Gasteiger partial charge in [-0.3, -0.25) is 4.79 Å². The highest BCUT2D eigenvalue weighted by Gasteiger charge is 2.19. The van der Waals surface area contributed by atoms with Crippen LogP contribution in [0.1, 0.15) is 42.1 Å². The number of aromatic hydroxyl groups is 4. The third kappa shape index (κ3) is 7.66. The molecule has 2 atom stereocenters. The van der Waals surface area contributed by atoms with Crippen molar-refractivity contribution in [1.82, 2.24) is 16.0 Å². The summed E-state index contributed by atoms with van der Waals surface area (Å²) < 4.78 is 0. The predicted octanol–water partition coefficient (Wildman–Crippen LogP) is 2.22. The maximum atomic E-state index is 12.8. The van der Waals surface area contributed by atoms with Crippen LogP contribution in [0.5, 0.6) is 23.0 Å². The van der Waals surface area contributed by atoms with Gasteiger partial charge in [0.05, 0.1) is 0 Å². The Morgan fingerprint density at radius 1 is 0.968 bits per heavy atom. The van der Waals surface area contributed by atoms with Gasteiger partial charge >= 0.3 is 0 Å². The van der Waals surface area contributed by atoms with Crippen molar-refractivity contribution in [2.75, 3.05) is 20.1 Å². The van der Waals surface area contributed by atoms with E-state index < -0.39 is 23.2 Å². The molecular formula is C23H33N3O5. The van der Waals surface area contributed by atoms with Crippen molar-refractivity contribution in [3.63, 3.8) is 0 Å². The first-order valence-electron chi connectivity index (χ1n) is 10.6. The minimum absolute atomic E-state index is 0.0428. The van der Waals surface area contributed by atoms with E-state index in [1.165, 1.54) is 0 Å². The van der Waals surface area contributed by atoms with E-state index in [0.29, 0.717) is 13.0 Å². The van der Waals surface area contributed by atoms with E-state index >= 15 is 0 Å². The smallest absolute Gasteiger partial charge is 0.251 e. The average Bonchev–Trinajstić information content (AvgIpc) is 2.74. The number of benzene rings is 2. The van der Waals surface area contributed by atoms with E-state index in [2.05, 4.69) is 22.9 Å². The molecule has 0 aliphatic heterocycles. The molecule has 0 unspecified atom stereocenters. The fourth-order valence-electron chi connectivity index (χ4n) is 3.38. The molecule has 0 saturated carbocycles. The van der Waals surface area contributed by atoms with Crippen LogP contribution in [0.2, 0.25) is 0 Å². The van der Waals surface area contributed by atoms with Gasteiger partial charge in [-0.1, -0.05) is 31.9 Å². The van der Waals surface area contributed by atoms with Crippen molar-refractivity contribution >= 4 is 5.91 Å². The minimum atomic E-state index is -0.662. The zero-order chi connectivity index (χ0) is 22.8. The predicted molar refractivity (Wildman–Crippen MR) is 120 cm³/mol. The third-order valence-electron chi connectivity index (χ3n) is 5.10. The summed E-state index contributed by atoms with van der Waals surface area (Å²) in [5, 5.41) is 48.1. The fourth-order valence-corrected chi connectivity index (χ4v) is 3.38. The summed E-state index contributed by atoms with van der Waals surface area (Å²) in [4.78, 5) is 12.8. The summed E-state index contributed by atoms with van der Waals surface area (Å²) in [7, 11) is 1.90. The quantitative estimate of drug-likeness (QED) is 0.256. The molecule has 0 aliphatic rings. The second kappa shape index (κ2) is 12.0. The first kappa shape index (κ1) is 24.3. The van der Waals surface area contributed by atoms with Crippen molar-refractivity contribution in [2.24, 2.45) is 0 Å². The van der Waals surface area contributed by atoms with Crippen LogP contribution in [0.15, 0.2) is 36.4 Å². The molecular weight excluding hydrogens is 398 g/mol. The summed E-state index contributed by atoms with van der Waals surface area (Å²) in [6, 6.07) is 9.00. The fraction of sp³-hybridized carbons (Fsp3) is 0.435. The average molecular weight is 432 g/mol. The van der Waals surface area contributed by atoms with Crippen LogP contribution < -0.4 is 16.0 Å². The van der Waals surface area contributed by atoms with Crippen molar-refractivity contribution in [1.29, 1.82) is 0 Å². The van der Waals surface area contributed by atoms with Crippen LogP contribution >= 0.6 is 0 Å². The SMILES string of the molecule is CCCC[C@H](CNC)NC[C@@H](Cc1ccc(O)cc1)NC(=O)c1cc(O)c(O)c(O)c1. The molecule has 0 aromatic heterocycles. The number of carbonyl (C=O) groups excluding carboxylic acids is 1. The van der Waals surface area contributed by atoms with Gasteiger partial charge in [-0.25, -0.2) is 0 Å². The third-order valence-corrected chi connectivity index (χ3v) is 5.10. The zero-order valence-electron chi connectivity index (χ0n) is 18.1. The summed E-state index contributed by atoms with van der Waals surface area (Å²) in [5.74, 6) is -2.09. The Hall–Kier alpha value is -2.97. The van der Waals surface area contributed by atoms with Crippen LogP contribution in [0.3, 0.4) is 0 Å². The van der Waals surface area contributed by atoms with Crippen molar-refractivity contribution < 1.29 is 25.2 Å². The van der Waals surface area contributed by atoms with Gasteiger partial charge < -0.3 is 36.4 Å². The van der Waals surface area contributed by atoms with E-state index in [1.54, 1.807) is 24.3 Å². The summed E-state index contributed by atoms with van der Waals surface area (Å²) in [6.45, 7) is 3.46. The van der Waals surface area contributed by atoms with Gasteiger partial charge in [0.1, 0.15) is 5.75 Å². The van der Waals surface area contributed by atoms with Crippen LogP contribution in [-0.4, -0.2) is 58.6 Å². The highest BCUT2D eigenvalue weighted by molar-refractivity contribution is 5.95. The first-order chi connectivity index (χ1) is 14.8. The lowest BCUT2D eigenvalue weighted by Crippen LogP contribution is -2.48. The minimum Gasteiger partial charge on any atom is -0.508 e. The number of phenolic OH excluding ortho intramolecular Hbond substituents is 4. The normalized spacial score (nSPS) is 13.0. The highest BCUT2D eigenvalue weighted by Crippen LogP contribution is 2.35. The highest BCUT2D eigenvalue weighted by atomic mass is 16.3. The van der Waals surface area contributed by atoms with Gasteiger partial charge in [0.25, 0.3) is 5.91 Å². The second-order valence-electron chi connectivity index (χ2n) is 7.71. The maximum Gasteiger partial charge on any atom is 0.251 e. The van der Waals surface area contributed by atoms with Gasteiger partial charge in [-0.05, 0) is 49.7 Å². The van der Waals surface area contributed by atoms with Gasteiger partial charge in [0.15, 0.2) is 17.2 Å². The van der Waals surface area contributed by atoms with Gasteiger partial charge in [-0.2, -0.15) is 0 Å². The van der Waals surface area contributed by atoms with E-state index in [9.17, 15) is 25.2 Å². The van der Waals surface area contributed by atoms with Crippen molar-refractivity contribution in [2.45, 2.75) is 44.7 Å². The monoisotopic (exact) mass is 431 g/mol. The Balaban J connectivity index is 2.13. The van der Waals surface area contributed by atoms with Crippen molar-refractivity contribution in [3.05, 3.63) is 47.5 Å². The molecule has 170 valence electrons. The lowest BCUT2D eigenvalue weighted by Gasteiger charge is -2.24.